The molecule has 0 bridgehead atoms. The van der Waals surface area contributed by atoms with Crippen LogP contribution in [0.3, 0.4) is 0 Å². The lowest BCUT2D eigenvalue weighted by Crippen LogP contribution is -2.05. The molecule has 1 rings (SSSR count). The highest BCUT2D eigenvalue weighted by Crippen LogP contribution is 2.29. The van der Waals surface area contributed by atoms with Crippen LogP contribution in [0.25, 0.3) is 0 Å². The summed E-state index contributed by atoms with van der Waals surface area (Å²) in [5.41, 5.74) is -0.789. The summed E-state index contributed by atoms with van der Waals surface area (Å²) in [5, 5.41) is 0. The second-order valence-electron chi connectivity index (χ2n) is 2.62. The van der Waals surface area contributed by atoms with Crippen LogP contribution in [0, 0.1) is 6.07 Å². The molecule has 14 heavy (non-hydrogen) atoms. The molecule has 0 amide bonds. The lowest BCUT2D eigenvalue weighted by molar-refractivity contribution is -0.137. The maximum Gasteiger partial charge on any atom is 0.416 e. The monoisotopic (exact) mass is 223 g/mol. The van der Waals surface area contributed by atoms with E-state index in [0.29, 0.717) is 0 Å². The summed E-state index contributed by atoms with van der Waals surface area (Å²) in [6, 6.07) is 5.06. The van der Waals surface area contributed by atoms with Gasteiger partial charge in [0.15, 0.2) is 0 Å². The van der Waals surface area contributed by atoms with Crippen molar-refractivity contribution in [2.75, 3.05) is 0 Å². The molecule has 0 aliphatic carbocycles. The zero-order valence-electron chi connectivity index (χ0n) is 6.84. The van der Waals surface area contributed by atoms with Crippen LogP contribution in [-0.2, 0) is 22.6 Å². The Morgan fingerprint density at radius 1 is 1.29 bits per heavy atom. The molecule has 6 heteroatoms. The Morgan fingerprint density at radius 2 is 1.93 bits per heavy atom. The van der Waals surface area contributed by atoms with Gasteiger partial charge < -0.3 is 0 Å². The first kappa shape index (κ1) is 11.0. The standard InChI is InChI=1S/C8H6F3O2S/c9-8(10,11)7-3-1-2-6(4-7)5-14(12)13/h2-4,14H,5H2. The van der Waals surface area contributed by atoms with E-state index in [9.17, 15) is 21.6 Å². The molecule has 0 aliphatic heterocycles. The van der Waals surface area contributed by atoms with Gasteiger partial charge in [-0.1, -0.05) is 6.07 Å². The fourth-order valence-corrected chi connectivity index (χ4v) is 1.41. The molecule has 0 saturated heterocycles. The minimum atomic E-state index is -4.46. The van der Waals surface area contributed by atoms with Gasteiger partial charge in [0.25, 0.3) is 0 Å². The number of hydrogen-bond acceptors (Lipinski definition) is 2. The first-order valence-corrected chi connectivity index (χ1v) is 4.95. The van der Waals surface area contributed by atoms with Gasteiger partial charge in [0.1, 0.15) is 10.7 Å². The Bertz CT molecular complexity index is 388. The highest BCUT2D eigenvalue weighted by Gasteiger charge is 2.30. The summed E-state index contributed by atoms with van der Waals surface area (Å²) < 4.78 is 56.9. The van der Waals surface area contributed by atoms with Gasteiger partial charge in [-0.15, -0.1) is 0 Å². The topological polar surface area (TPSA) is 34.1 Å². The zero-order chi connectivity index (χ0) is 10.8. The van der Waals surface area contributed by atoms with E-state index in [1.165, 1.54) is 6.07 Å². The van der Waals surface area contributed by atoms with Crippen molar-refractivity contribution in [2.45, 2.75) is 11.9 Å². The van der Waals surface area contributed by atoms with Crippen LogP contribution in [0.2, 0.25) is 0 Å². The molecule has 0 fully saturated rings. The molecule has 2 nitrogen and oxygen atoms in total. The number of hydrogen-bond donors (Lipinski definition) is 1. The number of rotatable bonds is 2. The number of benzene rings is 1. The van der Waals surface area contributed by atoms with E-state index in [4.69, 9.17) is 0 Å². The lowest BCUT2D eigenvalue weighted by atomic mass is 10.1. The van der Waals surface area contributed by atoms with Crippen molar-refractivity contribution < 1.29 is 21.6 Å². The van der Waals surface area contributed by atoms with E-state index >= 15 is 0 Å². The third kappa shape index (κ3) is 3.02. The molecular weight excluding hydrogens is 217 g/mol. The summed E-state index contributed by atoms with van der Waals surface area (Å²) in [4.78, 5) is 0. The molecule has 1 aromatic carbocycles. The lowest BCUT2D eigenvalue weighted by Gasteiger charge is -2.06. The quantitative estimate of drug-likeness (QED) is 0.773. The summed E-state index contributed by atoms with van der Waals surface area (Å²) in [6.45, 7) is 0. The van der Waals surface area contributed by atoms with Crippen molar-refractivity contribution in [1.29, 1.82) is 0 Å². The van der Waals surface area contributed by atoms with Gasteiger partial charge in [-0.05, 0) is 23.8 Å². The van der Waals surface area contributed by atoms with Crippen molar-refractivity contribution >= 4 is 10.7 Å². The van der Waals surface area contributed by atoms with Gasteiger partial charge in [0, 0.05) is 0 Å². The van der Waals surface area contributed by atoms with Crippen LogP contribution in [0.5, 0.6) is 0 Å². The zero-order valence-corrected chi connectivity index (χ0v) is 7.73. The molecular formula is C8H6F3O2S. The smallest absolute Gasteiger partial charge is 0.232 e. The van der Waals surface area contributed by atoms with E-state index < -0.39 is 28.2 Å². The molecule has 0 heterocycles. The van der Waals surface area contributed by atoms with Gasteiger partial charge in [0.2, 0.25) is 0 Å². The number of thiol groups is 1. The van der Waals surface area contributed by atoms with E-state index in [1.54, 1.807) is 0 Å². The molecule has 1 radical (unpaired) electrons. The van der Waals surface area contributed by atoms with Crippen LogP contribution < -0.4 is 0 Å². The van der Waals surface area contributed by atoms with E-state index in [2.05, 4.69) is 6.07 Å². The maximum atomic E-state index is 12.1. The summed E-state index contributed by atoms with van der Waals surface area (Å²) in [6.07, 6.45) is -4.46. The van der Waals surface area contributed by atoms with Crippen LogP contribution in [0.15, 0.2) is 18.2 Å². The summed E-state index contributed by atoms with van der Waals surface area (Å²) in [5.74, 6) is -0.393. The highest BCUT2D eigenvalue weighted by molar-refractivity contribution is 7.71. The molecule has 77 valence electrons. The van der Waals surface area contributed by atoms with Crippen molar-refractivity contribution in [1.82, 2.24) is 0 Å². The number of halogens is 3. The van der Waals surface area contributed by atoms with Gasteiger partial charge in [0.05, 0.1) is 11.3 Å². The van der Waals surface area contributed by atoms with E-state index in [1.807, 2.05) is 0 Å². The third-order valence-electron chi connectivity index (χ3n) is 1.49. The SMILES string of the molecule is O=[SH](=O)Cc1c[c]cc(C(F)(F)F)c1. The van der Waals surface area contributed by atoms with Crippen molar-refractivity contribution in [3.05, 3.63) is 35.4 Å². The number of alkyl halides is 3. The maximum absolute atomic E-state index is 12.1. The van der Waals surface area contributed by atoms with Gasteiger partial charge in [-0.25, -0.2) is 8.42 Å². The average molecular weight is 223 g/mol. The van der Waals surface area contributed by atoms with Gasteiger partial charge in [-0.2, -0.15) is 13.2 Å². The minimum Gasteiger partial charge on any atom is -0.232 e. The van der Waals surface area contributed by atoms with Crippen LogP contribution in [0.4, 0.5) is 13.2 Å². The Labute approximate surface area is 80.3 Å². The largest absolute Gasteiger partial charge is 0.416 e. The van der Waals surface area contributed by atoms with Crippen LogP contribution in [0.1, 0.15) is 11.1 Å². The van der Waals surface area contributed by atoms with E-state index in [0.717, 1.165) is 12.1 Å². The fraction of sp³-hybridized carbons (Fsp3) is 0.250. The average Bonchev–Trinajstić information content (AvgIpc) is 2.01. The van der Waals surface area contributed by atoms with Crippen LogP contribution >= 0.6 is 0 Å². The van der Waals surface area contributed by atoms with Crippen molar-refractivity contribution in [3.63, 3.8) is 0 Å². The molecule has 0 aliphatic rings. The predicted octanol–water partition coefficient (Wildman–Crippen LogP) is 1.62. The minimum absolute atomic E-state index is 0.0935. The Hall–Kier alpha value is -1.04. The Kier molecular flexibility index (Phi) is 3.15. The molecule has 0 aromatic heterocycles. The third-order valence-corrected chi connectivity index (χ3v) is 2.11. The molecule has 1 aromatic rings. The van der Waals surface area contributed by atoms with Crippen molar-refractivity contribution in [3.8, 4) is 0 Å². The highest BCUT2D eigenvalue weighted by atomic mass is 32.2. The summed E-state index contributed by atoms with van der Waals surface area (Å²) >= 11 is 0. The predicted molar refractivity (Wildman–Crippen MR) is 44.3 cm³/mol. The first-order chi connectivity index (χ1) is 6.39. The Balaban J connectivity index is 3.01. The van der Waals surface area contributed by atoms with Crippen molar-refractivity contribution in [2.24, 2.45) is 0 Å². The first-order valence-electron chi connectivity index (χ1n) is 3.58. The fourth-order valence-electron chi connectivity index (χ4n) is 0.926. The van der Waals surface area contributed by atoms with Gasteiger partial charge >= 0.3 is 6.18 Å². The van der Waals surface area contributed by atoms with Crippen LogP contribution in [-0.4, -0.2) is 8.42 Å². The summed E-state index contributed by atoms with van der Waals surface area (Å²) in [7, 11) is -2.71. The molecule has 0 unspecified atom stereocenters. The second kappa shape index (κ2) is 4.00. The second-order valence-corrected chi connectivity index (χ2v) is 3.60. The molecule has 0 saturated carbocycles. The van der Waals surface area contributed by atoms with Gasteiger partial charge in [-0.3, -0.25) is 0 Å². The Morgan fingerprint density at radius 3 is 2.43 bits per heavy atom. The molecule has 0 N–H and O–H groups in total. The molecule has 0 atom stereocenters. The van der Waals surface area contributed by atoms with E-state index in [-0.39, 0.29) is 5.56 Å². The normalized spacial score (nSPS) is 12.0. The molecule has 0 spiro atoms.